The number of carbonyl (C=O) groups excluding carboxylic acids is 1. The van der Waals surface area contributed by atoms with E-state index in [-0.39, 0.29) is 11.7 Å². The second kappa shape index (κ2) is 6.97. The molecule has 1 aromatic heterocycles. The molecule has 2 aromatic rings. The molecule has 0 spiro atoms. The number of aryl methyl sites for hydroxylation is 1. The zero-order valence-electron chi connectivity index (χ0n) is 15.7. The lowest BCUT2D eigenvalue weighted by molar-refractivity contribution is -0.159. The zero-order valence-corrected chi connectivity index (χ0v) is 15.7. The molecule has 1 aromatic carbocycles. The Hall–Kier alpha value is -2.57. The molecule has 1 atom stereocenters. The molecule has 0 fully saturated rings. The molecule has 0 saturated heterocycles. The number of carbonyl (C=O) groups is 1. The van der Waals surface area contributed by atoms with E-state index < -0.39 is 11.6 Å². The Bertz CT molecular complexity index is 843. The van der Waals surface area contributed by atoms with Crippen molar-refractivity contribution in [2.75, 3.05) is 7.11 Å². The molecule has 0 bridgehead atoms. The Labute approximate surface area is 152 Å². The van der Waals surface area contributed by atoms with Gasteiger partial charge in [0.15, 0.2) is 0 Å². The minimum Gasteiger partial charge on any atom is -0.497 e. The minimum atomic E-state index is -0.602. The monoisotopic (exact) mass is 359 g/mol. The van der Waals surface area contributed by atoms with Gasteiger partial charge in [-0.3, -0.25) is 4.57 Å². The van der Waals surface area contributed by atoms with Crippen LogP contribution in [-0.2, 0) is 22.5 Å². The van der Waals surface area contributed by atoms with Crippen LogP contribution in [0.3, 0.4) is 0 Å². The second-order valence-electron chi connectivity index (χ2n) is 7.52. The van der Waals surface area contributed by atoms with E-state index >= 15 is 0 Å². The van der Waals surface area contributed by atoms with Crippen LogP contribution in [0.5, 0.6) is 5.75 Å². The minimum absolute atomic E-state index is 0.272. The van der Waals surface area contributed by atoms with Crippen molar-refractivity contribution in [1.29, 1.82) is 0 Å². The van der Waals surface area contributed by atoms with Crippen LogP contribution in [0.1, 0.15) is 51.0 Å². The highest BCUT2D eigenvalue weighted by molar-refractivity contribution is 5.74. The lowest BCUT2D eigenvalue weighted by Gasteiger charge is -2.26. The van der Waals surface area contributed by atoms with Crippen LogP contribution >= 0.6 is 0 Å². The van der Waals surface area contributed by atoms with Gasteiger partial charge in [0.1, 0.15) is 23.2 Å². The smallest absolute Gasteiger partial charge is 0.347 e. The SMILES string of the molecule is COc1ccc(Cn2nc3n(c2=O)[C@H](C(=O)OC(C)(C)C)CCC3)cc1. The fourth-order valence-electron chi connectivity index (χ4n) is 3.13. The number of benzene rings is 1. The molecule has 1 aliphatic heterocycles. The summed E-state index contributed by atoms with van der Waals surface area (Å²) < 4.78 is 13.6. The molecule has 7 nitrogen and oxygen atoms in total. The van der Waals surface area contributed by atoms with Gasteiger partial charge in [-0.15, -0.1) is 0 Å². The van der Waals surface area contributed by atoms with Gasteiger partial charge in [-0.1, -0.05) is 12.1 Å². The molecule has 3 rings (SSSR count). The highest BCUT2D eigenvalue weighted by Crippen LogP contribution is 2.25. The molecule has 1 aliphatic rings. The van der Waals surface area contributed by atoms with Crippen LogP contribution in [0, 0.1) is 0 Å². The summed E-state index contributed by atoms with van der Waals surface area (Å²) in [7, 11) is 1.61. The Kier molecular flexibility index (Phi) is 4.89. The van der Waals surface area contributed by atoms with Crippen LogP contribution in [0.4, 0.5) is 0 Å². The quantitative estimate of drug-likeness (QED) is 0.783. The predicted molar refractivity (Wildman–Crippen MR) is 96.4 cm³/mol. The van der Waals surface area contributed by atoms with E-state index in [1.54, 1.807) is 7.11 Å². The molecule has 0 aliphatic carbocycles. The molecule has 0 radical (unpaired) electrons. The molecule has 7 heteroatoms. The van der Waals surface area contributed by atoms with Gasteiger partial charge in [0.05, 0.1) is 13.7 Å². The normalized spacial score (nSPS) is 16.8. The molecule has 0 amide bonds. The molecule has 26 heavy (non-hydrogen) atoms. The van der Waals surface area contributed by atoms with Gasteiger partial charge >= 0.3 is 11.7 Å². The molecule has 0 unspecified atom stereocenters. The van der Waals surface area contributed by atoms with Crippen molar-refractivity contribution in [2.45, 2.75) is 58.2 Å². The molecule has 0 saturated carbocycles. The Balaban J connectivity index is 1.87. The molecule has 2 heterocycles. The van der Waals surface area contributed by atoms with E-state index in [4.69, 9.17) is 9.47 Å². The summed E-state index contributed by atoms with van der Waals surface area (Å²) in [6, 6.07) is 6.89. The average molecular weight is 359 g/mol. The lowest BCUT2D eigenvalue weighted by Crippen LogP contribution is -2.38. The van der Waals surface area contributed by atoms with E-state index in [9.17, 15) is 9.59 Å². The van der Waals surface area contributed by atoms with Crippen molar-refractivity contribution in [3.8, 4) is 5.75 Å². The first-order valence-corrected chi connectivity index (χ1v) is 8.82. The van der Waals surface area contributed by atoms with Crippen molar-refractivity contribution in [2.24, 2.45) is 0 Å². The van der Waals surface area contributed by atoms with E-state index in [0.717, 1.165) is 17.7 Å². The molecular formula is C19H25N3O4. The zero-order chi connectivity index (χ0) is 18.9. The number of fused-ring (bicyclic) bond motifs is 1. The number of hydrogen-bond donors (Lipinski definition) is 0. The number of hydrogen-bond acceptors (Lipinski definition) is 5. The van der Waals surface area contributed by atoms with Gasteiger partial charge in [0.25, 0.3) is 0 Å². The van der Waals surface area contributed by atoms with Crippen molar-refractivity contribution in [3.63, 3.8) is 0 Å². The van der Waals surface area contributed by atoms with E-state index in [0.29, 0.717) is 25.2 Å². The summed E-state index contributed by atoms with van der Waals surface area (Å²) in [6.07, 6.45) is 2.09. The van der Waals surface area contributed by atoms with Crippen molar-refractivity contribution in [3.05, 3.63) is 46.1 Å². The standard InChI is InChI=1S/C19H25N3O4/c1-19(2,3)26-17(23)15-6-5-7-16-20-21(18(24)22(15)16)12-13-8-10-14(25-4)11-9-13/h8-11,15H,5-7,12H2,1-4H3/t15-/m0/s1. The maximum atomic E-state index is 12.9. The number of esters is 1. The number of nitrogens with zero attached hydrogens (tertiary/aromatic N) is 3. The molecule has 0 N–H and O–H groups in total. The molecule has 140 valence electrons. The largest absolute Gasteiger partial charge is 0.497 e. The highest BCUT2D eigenvalue weighted by atomic mass is 16.6. The van der Waals surface area contributed by atoms with Crippen LogP contribution in [0.25, 0.3) is 0 Å². The van der Waals surface area contributed by atoms with Crippen LogP contribution in [-0.4, -0.2) is 33.0 Å². The van der Waals surface area contributed by atoms with Crippen LogP contribution in [0.2, 0.25) is 0 Å². The van der Waals surface area contributed by atoms with E-state index in [1.807, 2.05) is 45.0 Å². The summed E-state index contributed by atoms with van der Waals surface area (Å²) in [5.74, 6) is 1.03. The third kappa shape index (κ3) is 3.81. The van der Waals surface area contributed by atoms with E-state index in [2.05, 4.69) is 5.10 Å². The third-order valence-corrected chi connectivity index (χ3v) is 4.30. The average Bonchev–Trinajstić information content (AvgIpc) is 2.90. The summed E-state index contributed by atoms with van der Waals surface area (Å²) in [5.41, 5.74) is 0.0840. The summed E-state index contributed by atoms with van der Waals surface area (Å²) in [6.45, 7) is 5.82. The third-order valence-electron chi connectivity index (χ3n) is 4.30. The van der Waals surface area contributed by atoms with Crippen molar-refractivity contribution >= 4 is 5.97 Å². The van der Waals surface area contributed by atoms with Gasteiger partial charge < -0.3 is 9.47 Å². The van der Waals surface area contributed by atoms with Gasteiger partial charge in [-0.2, -0.15) is 5.10 Å². The number of methoxy groups -OCH3 is 1. The van der Waals surface area contributed by atoms with Gasteiger partial charge in [-0.25, -0.2) is 14.3 Å². The highest BCUT2D eigenvalue weighted by Gasteiger charge is 2.33. The number of ether oxygens (including phenoxy) is 2. The molecular weight excluding hydrogens is 334 g/mol. The maximum absolute atomic E-state index is 12.9. The number of aromatic nitrogens is 3. The van der Waals surface area contributed by atoms with Crippen molar-refractivity contribution in [1.82, 2.24) is 14.3 Å². The Morgan fingerprint density at radius 2 is 1.96 bits per heavy atom. The number of rotatable bonds is 4. The summed E-state index contributed by atoms with van der Waals surface area (Å²) >= 11 is 0. The van der Waals surface area contributed by atoms with Crippen LogP contribution in [0.15, 0.2) is 29.1 Å². The predicted octanol–water partition coefficient (Wildman–Crippen LogP) is 2.32. The fourth-order valence-corrected chi connectivity index (χ4v) is 3.13. The first-order valence-electron chi connectivity index (χ1n) is 8.82. The first kappa shape index (κ1) is 18.2. The Morgan fingerprint density at radius 1 is 1.27 bits per heavy atom. The lowest BCUT2D eigenvalue weighted by atomic mass is 10.0. The van der Waals surface area contributed by atoms with Crippen molar-refractivity contribution < 1.29 is 14.3 Å². The van der Waals surface area contributed by atoms with Gasteiger partial charge in [0, 0.05) is 6.42 Å². The first-order chi connectivity index (χ1) is 12.3. The topological polar surface area (TPSA) is 75.4 Å². The van der Waals surface area contributed by atoms with Crippen LogP contribution < -0.4 is 10.4 Å². The van der Waals surface area contributed by atoms with Gasteiger partial charge in [0.2, 0.25) is 0 Å². The Morgan fingerprint density at radius 3 is 2.58 bits per heavy atom. The summed E-state index contributed by atoms with van der Waals surface area (Å²) in [4.78, 5) is 25.4. The fraction of sp³-hybridized carbons (Fsp3) is 0.526. The maximum Gasteiger partial charge on any atom is 0.347 e. The van der Waals surface area contributed by atoms with E-state index in [1.165, 1.54) is 9.25 Å². The van der Waals surface area contributed by atoms with Gasteiger partial charge in [-0.05, 0) is 51.3 Å². The summed E-state index contributed by atoms with van der Waals surface area (Å²) in [5, 5.41) is 4.45. The second-order valence-corrected chi connectivity index (χ2v) is 7.52.